The fourth-order valence-electron chi connectivity index (χ4n) is 2.67. The lowest BCUT2D eigenvalue weighted by Crippen LogP contribution is -2.17. The molecule has 3 N–H and O–H groups in total. The van der Waals surface area contributed by atoms with Crippen LogP contribution < -0.4 is 5.48 Å². The van der Waals surface area contributed by atoms with E-state index in [9.17, 15) is 9.59 Å². The van der Waals surface area contributed by atoms with E-state index in [1.807, 2.05) is 31.2 Å². The molecule has 0 unspecified atom stereocenters. The molecule has 0 bridgehead atoms. The summed E-state index contributed by atoms with van der Waals surface area (Å²) >= 11 is 0. The molecular formula is C17H22N2O3. The van der Waals surface area contributed by atoms with Crippen molar-refractivity contribution >= 4 is 22.6 Å². The fraction of sp³-hybridized carbons (Fsp3) is 0.412. The average Bonchev–Trinajstić information content (AvgIpc) is 2.87. The van der Waals surface area contributed by atoms with Gasteiger partial charge in [-0.05, 0) is 31.4 Å². The summed E-state index contributed by atoms with van der Waals surface area (Å²) in [5.41, 5.74) is 4.34. The Balaban J connectivity index is 1.79. The van der Waals surface area contributed by atoms with Crippen molar-refractivity contribution in [3.05, 3.63) is 35.5 Å². The number of H-pyrrole nitrogens is 1. The lowest BCUT2D eigenvalue weighted by Gasteiger charge is -2.02. The lowest BCUT2D eigenvalue weighted by molar-refractivity contribution is -0.129. The highest BCUT2D eigenvalue weighted by Crippen LogP contribution is 2.22. The highest BCUT2D eigenvalue weighted by atomic mass is 16.5. The minimum atomic E-state index is -0.357. The third-order valence-electron chi connectivity index (χ3n) is 3.93. The number of rotatable bonds is 8. The Hall–Kier alpha value is -2.14. The number of hydroxylamine groups is 1. The number of nitrogens with one attached hydrogen (secondary N) is 2. The number of carbonyl (C=O) groups is 2. The van der Waals surface area contributed by atoms with Gasteiger partial charge in [-0.25, -0.2) is 5.48 Å². The van der Waals surface area contributed by atoms with E-state index in [-0.39, 0.29) is 11.7 Å². The van der Waals surface area contributed by atoms with Gasteiger partial charge in [0.15, 0.2) is 5.78 Å². The molecule has 0 aliphatic carbocycles. The lowest BCUT2D eigenvalue weighted by atomic mass is 10.0. The number of aromatic amines is 1. The monoisotopic (exact) mass is 302 g/mol. The van der Waals surface area contributed by atoms with Crippen molar-refractivity contribution in [2.24, 2.45) is 0 Å². The second-order valence-electron chi connectivity index (χ2n) is 5.54. The number of aryl methyl sites for hydroxylation is 1. The maximum Gasteiger partial charge on any atom is 0.243 e. The zero-order valence-corrected chi connectivity index (χ0v) is 12.8. The minimum absolute atomic E-state index is 0.141. The first-order valence-electron chi connectivity index (χ1n) is 7.67. The number of benzene rings is 1. The Morgan fingerprint density at radius 2 is 1.77 bits per heavy atom. The van der Waals surface area contributed by atoms with Crippen LogP contribution in [0, 0.1) is 6.92 Å². The minimum Gasteiger partial charge on any atom is -0.352 e. The Kier molecular flexibility index (Phi) is 5.72. The zero-order chi connectivity index (χ0) is 15.9. The number of para-hydroxylation sites is 1. The number of carbonyl (C=O) groups excluding carboxylic acids is 2. The third-order valence-corrected chi connectivity index (χ3v) is 3.93. The summed E-state index contributed by atoms with van der Waals surface area (Å²) in [5, 5.41) is 9.47. The molecule has 1 amide bonds. The van der Waals surface area contributed by atoms with Crippen LogP contribution in [0.2, 0.25) is 0 Å². The Bertz CT molecular complexity index is 661. The molecule has 0 fully saturated rings. The van der Waals surface area contributed by atoms with Crippen LogP contribution in [0.25, 0.3) is 10.9 Å². The van der Waals surface area contributed by atoms with Crippen LogP contribution in [-0.2, 0) is 4.79 Å². The van der Waals surface area contributed by atoms with Crippen LogP contribution in [-0.4, -0.2) is 21.9 Å². The molecule has 0 saturated heterocycles. The van der Waals surface area contributed by atoms with Gasteiger partial charge < -0.3 is 4.98 Å². The van der Waals surface area contributed by atoms with Crippen molar-refractivity contribution in [1.29, 1.82) is 0 Å². The van der Waals surface area contributed by atoms with E-state index >= 15 is 0 Å². The topological polar surface area (TPSA) is 82.2 Å². The van der Waals surface area contributed by atoms with Gasteiger partial charge in [-0.15, -0.1) is 0 Å². The number of fused-ring (bicyclic) bond motifs is 1. The highest BCUT2D eigenvalue weighted by molar-refractivity contribution is 6.02. The zero-order valence-electron chi connectivity index (χ0n) is 12.8. The maximum atomic E-state index is 12.3. The van der Waals surface area contributed by atoms with Gasteiger partial charge in [0.2, 0.25) is 5.91 Å². The molecule has 0 radical (unpaired) electrons. The number of Topliss-reactive ketones (excluding diaryl/α,β-unsaturated/α-hetero) is 1. The van der Waals surface area contributed by atoms with Crippen LogP contribution in [0.15, 0.2) is 24.3 Å². The van der Waals surface area contributed by atoms with E-state index in [2.05, 4.69) is 4.98 Å². The molecule has 0 aliphatic heterocycles. The molecular weight excluding hydrogens is 280 g/mol. The second-order valence-corrected chi connectivity index (χ2v) is 5.54. The van der Waals surface area contributed by atoms with Crippen molar-refractivity contribution in [3.8, 4) is 0 Å². The van der Waals surface area contributed by atoms with Gasteiger partial charge in [0.05, 0.1) is 5.69 Å². The van der Waals surface area contributed by atoms with E-state index in [0.29, 0.717) is 18.5 Å². The van der Waals surface area contributed by atoms with Gasteiger partial charge in [0, 0.05) is 23.7 Å². The van der Waals surface area contributed by atoms with Gasteiger partial charge in [-0.2, -0.15) is 0 Å². The average molecular weight is 302 g/mol. The number of ketones is 1. The largest absolute Gasteiger partial charge is 0.352 e. The van der Waals surface area contributed by atoms with Crippen molar-refractivity contribution in [2.75, 3.05) is 0 Å². The Morgan fingerprint density at radius 1 is 1.09 bits per heavy atom. The molecule has 0 spiro atoms. The number of hydrogen-bond acceptors (Lipinski definition) is 3. The molecule has 118 valence electrons. The molecule has 1 heterocycles. The number of amides is 1. The van der Waals surface area contributed by atoms with E-state index < -0.39 is 0 Å². The van der Waals surface area contributed by atoms with Crippen LogP contribution in [0.4, 0.5) is 0 Å². The summed E-state index contributed by atoms with van der Waals surface area (Å²) in [6.07, 6.45) is 4.17. The van der Waals surface area contributed by atoms with Gasteiger partial charge in [-0.3, -0.25) is 14.8 Å². The van der Waals surface area contributed by atoms with Gasteiger partial charge in [0.25, 0.3) is 0 Å². The summed E-state index contributed by atoms with van der Waals surface area (Å²) in [6.45, 7) is 1.97. The van der Waals surface area contributed by atoms with E-state index in [0.717, 1.165) is 42.1 Å². The fourth-order valence-corrected chi connectivity index (χ4v) is 2.67. The summed E-state index contributed by atoms with van der Waals surface area (Å²) in [6, 6.07) is 7.92. The van der Waals surface area contributed by atoms with Crippen LogP contribution >= 0.6 is 0 Å². The van der Waals surface area contributed by atoms with Crippen LogP contribution in [0.3, 0.4) is 0 Å². The van der Waals surface area contributed by atoms with Gasteiger partial charge in [0.1, 0.15) is 0 Å². The molecule has 5 heteroatoms. The molecule has 2 rings (SSSR count). The first-order chi connectivity index (χ1) is 10.6. The molecule has 0 aliphatic rings. The van der Waals surface area contributed by atoms with E-state index in [1.165, 1.54) is 0 Å². The number of aromatic nitrogens is 1. The molecule has 0 saturated carbocycles. The van der Waals surface area contributed by atoms with Crippen molar-refractivity contribution < 1.29 is 14.8 Å². The molecule has 1 aromatic carbocycles. The van der Waals surface area contributed by atoms with Crippen LogP contribution in [0.1, 0.15) is 54.6 Å². The van der Waals surface area contributed by atoms with Crippen molar-refractivity contribution in [2.45, 2.75) is 45.4 Å². The smallest absolute Gasteiger partial charge is 0.243 e. The summed E-state index contributed by atoms with van der Waals surface area (Å²) < 4.78 is 0. The quantitative estimate of drug-likeness (QED) is 0.302. The predicted molar refractivity (Wildman–Crippen MR) is 85.0 cm³/mol. The SMILES string of the molecule is Cc1c(C(=O)CCCCCCC(=O)NO)[nH]c2ccccc12. The number of hydrogen-bond donors (Lipinski definition) is 3. The number of unbranched alkanes of at least 4 members (excludes halogenated alkanes) is 3. The summed E-state index contributed by atoms with van der Waals surface area (Å²) in [5.74, 6) is -0.216. The third kappa shape index (κ3) is 3.95. The molecule has 22 heavy (non-hydrogen) atoms. The Morgan fingerprint density at radius 3 is 2.45 bits per heavy atom. The van der Waals surface area contributed by atoms with Gasteiger partial charge in [-0.1, -0.05) is 31.0 Å². The molecule has 2 aromatic rings. The standard InChI is InChI=1S/C17H22N2O3/c1-12-13-8-6-7-9-14(13)18-17(12)15(20)10-4-2-3-5-11-16(21)19-22/h6-9,18,22H,2-5,10-11H2,1H3,(H,19,21). The first-order valence-corrected chi connectivity index (χ1v) is 7.67. The Labute approximate surface area is 129 Å². The van der Waals surface area contributed by atoms with E-state index in [4.69, 9.17) is 5.21 Å². The van der Waals surface area contributed by atoms with E-state index in [1.54, 1.807) is 5.48 Å². The summed E-state index contributed by atoms with van der Waals surface area (Å²) in [7, 11) is 0. The van der Waals surface area contributed by atoms with Crippen molar-refractivity contribution in [3.63, 3.8) is 0 Å². The molecule has 5 nitrogen and oxygen atoms in total. The second kappa shape index (κ2) is 7.75. The molecule has 0 atom stereocenters. The summed E-state index contributed by atoms with van der Waals surface area (Å²) in [4.78, 5) is 26.3. The highest BCUT2D eigenvalue weighted by Gasteiger charge is 2.13. The maximum absolute atomic E-state index is 12.3. The predicted octanol–water partition coefficient (Wildman–Crippen LogP) is 3.51. The normalized spacial score (nSPS) is 10.8. The molecule has 1 aromatic heterocycles. The van der Waals surface area contributed by atoms with Crippen LogP contribution in [0.5, 0.6) is 0 Å². The first kappa shape index (κ1) is 16.2. The van der Waals surface area contributed by atoms with Crippen molar-refractivity contribution in [1.82, 2.24) is 10.5 Å². The van der Waals surface area contributed by atoms with Gasteiger partial charge >= 0.3 is 0 Å².